The summed E-state index contributed by atoms with van der Waals surface area (Å²) in [4.78, 5) is 29.1. The summed E-state index contributed by atoms with van der Waals surface area (Å²) in [6.07, 6.45) is 5.39. The highest BCUT2D eigenvalue weighted by Crippen LogP contribution is 2.82. The number of hydrogen-bond donors (Lipinski definition) is 1. The summed E-state index contributed by atoms with van der Waals surface area (Å²) in [5.74, 6) is 1.47. The first kappa shape index (κ1) is 26.5. The molecule has 5 fully saturated rings. The second kappa shape index (κ2) is 8.77. The third kappa shape index (κ3) is 3.23. The quantitative estimate of drug-likeness (QED) is 0.212. The normalized spacial score (nSPS) is 36.2. The molecule has 1 saturated heterocycles. The molecular weight excluding hydrogens is 566 g/mol. The molecule has 2 spiro atoms. The molecule has 3 aromatic rings. The van der Waals surface area contributed by atoms with Gasteiger partial charge in [-0.25, -0.2) is 4.79 Å². The number of rotatable bonds is 6. The molecule has 2 bridgehead atoms. The van der Waals surface area contributed by atoms with Crippen LogP contribution in [0.25, 0.3) is 0 Å². The van der Waals surface area contributed by atoms with Crippen LogP contribution in [0.2, 0.25) is 0 Å². The highest BCUT2D eigenvalue weighted by atomic mass is 16.7. The number of likely N-dealkylation sites (tertiary alicyclic amines) is 1. The van der Waals surface area contributed by atoms with Crippen molar-refractivity contribution < 1.29 is 28.9 Å². The van der Waals surface area contributed by atoms with Gasteiger partial charge in [-0.05, 0) is 80.0 Å². The fourth-order valence-electron chi connectivity index (χ4n) is 10.7. The van der Waals surface area contributed by atoms with Crippen molar-refractivity contribution in [3.63, 3.8) is 0 Å². The first-order chi connectivity index (χ1) is 21.9. The smallest absolute Gasteiger partial charge is 0.477 e. The number of benzene rings is 3. The van der Waals surface area contributed by atoms with Gasteiger partial charge in [0.15, 0.2) is 23.4 Å². The Labute approximate surface area is 262 Å². The van der Waals surface area contributed by atoms with Crippen molar-refractivity contribution >= 4 is 11.9 Å². The van der Waals surface area contributed by atoms with Crippen LogP contribution in [0, 0.1) is 5.92 Å². The Kier molecular flexibility index (Phi) is 5.17. The monoisotopic (exact) mass is 603 g/mol. The van der Waals surface area contributed by atoms with E-state index < -0.39 is 23.3 Å². The maximum Gasteiger partial charge on any atom is 0.514 e. The zero-order valence-corrected chi connectivity index (χ0v) is 25.2. The molecule has 4 saturated carbocycles. The van der Waals surface area contributed by atoms with Crippen LogP contribution >= 0.6 is 0 Å². The molecule has 3 aromatic carbocycles. The Morgan fingerprint density at radius 3 is 2.27 bits per heavy atom. The van der Waals surface area contributed by atoms with Crippen LogP contribution in [0.3, 0.4) is 0 Å². The van der Waals surface area contributed by atoms with Gasteiger partial charge >= 0.3 is 6.16 Å². The molecule has 45 heavy (non-hydrogen) atoms. The zero-order valence-electron chi connectivity index (χ0n) is 25.2. The molecule has 0 amide bonds. The molecular formula is C38H37NO6. The summed E-state index contributed by atoms with van der Waals surface area (Å²) in [6.45, 7) is 0.999. The highest BCUT2D eigenvalue weighted by molar-refractivity contribution is 5.92. The molecule has 7 aliphatic rings. The van der Waals surface area contributed by atoms with E-state index in [0.29, 0.717) is 30.9 Å². The minimum Gasteiger partial charge on any atom is -0.477 e. The number of piperidine rings is 1. The van der Waals surface area contributed by atoms with E-state index in [1.54, 1.807) is 0 Å². The van der Waals surface area contributed by atoms with Crippen molar-refractivity contribution in [2.45, 2.75) is 98.0 Å². The largest absolute Gasteiger partial charge is 0.514 e. The maximum atomic E-state index is 13.3. The molecule has 7 nitrogen and oxygen atoms in total. The number of carbonyl (C=O) groups is 2. The average Bonchev–Trinajstić information content (AvgIpc) is 3.91. The fraction of sp³-hybridized carbons (Fsp3) is 0.474. The van der Waals surface area contributed by atoms with Gasteiger partial charge in [-0.3, -0.25) is 9.69 Å². The van der Waals surface area contributed by atoms with Crippen molar-refractivity contribution in [2.75, 3.05) is 6.54 Å². The molecule has 10 rings (SSSR count). The molecule has 1 N–H and O–H groups in total. The second-order valence-electron chi connectivity index (χ2n) is 14.8. The molecule has 2 heterocycles. The Morgan fingerprint density at radius 2 is 1.60 bits per heavy atom. The van der Waals surface area contributed by atoms with Gasteiger partial charge in [-0.15, -0.1) is 0 Å². The van der Waals surface area contributed by atoms with Crippen LogP contribution in [0.1, 0.15) is 80.0 Å². The molecule has 6 unspecified atom stereocenters. The van der Waals surface area contributed by atoms with Crippen molar-refractivity contribution in [3.8, 4) is 11.5 Å². The highest BCUT2D eigenvalue weighted by Gasteiger charge is 2.91. The van der Waals surface area contributed by atoms with Crippen LogP contribution < -0.4 is 9.47 Å². The van der Waals surface area contributed by atoms with E-state index in [1.165, 1.54) is 24.0 Å². The van der Waals surface area contributed by atoms with Crippen molar-refractivity contribution in [1.82, 2.24) is 4.90 Å². The van der Waals surface area contributed by atoms with E-state index in [9.17, 15) is 14.7 Å². The number of carbonyl (C=O) groups excluding carboxylic acids is 2. The average molecular weight is 604 g/mol. The number of ketones is 1. The zero-order chi connectivity index (χ0) is 30.2. The number of ether oxygens (including phenoxy) is 3. The third-order valence-electron chi connectivity index (χ3n) is 12.8. The van der Waals surface area contributed by atoms with Gasteiger partial charge in [0.2, 0.25) is 0 Å². The van der Waals surface area contributed by atoms with E-state index in [2.05, 4.69) is 59.5 Å². The minimum absolute atomic E-state index is 0.0324. The Balaban J connectivity index is 0.910. The third-order valence-corrected chi connectivity index (χ3v) is 12.8. The summed E-state index contributed by atoms with van der Waals surface area (Å²) >= 11 is 0. The number of aliphatic hydroxyl groups is 1. The van der Waals surface area contributed by atoms with Gasteiger partial charge in [-0.1, -0.05) is 66.7 Å². The Hall–Kier alpha value is -3.68. The van der Waals surface area contributed by atoms with Crippen LogP contribution in [0.15, 0.2) is 72.8 Å². The number of Topliss-reactive ketones (excluding diaryl/α,β-unsaturated/α-hetero) is 1. The summed E-state index contributed by atoms with van der Waals surface area (Å²) in [6, 6.07) is 25.1. The molecule has 0 aromatic heterocycles. The summed E-state index contributed by atoms with van der Waals surface area (Å²) in [5.41, 5.74) is 2.48. The first-order valence-electron chi connectivity index (χ1n) is 16.8. The Morgan fingerprint density at radius 1 is 0.911 bits per heavy atom. The van der Waals surface area contributed by atoms with E-state index in [1.807, 2.05) is 18.2 Å². The standard InChI is InChI=1S/C38H37NO6/c40-28-17-20-38(42)33-37(39(33)21-23-11-12-23)22-36(38)30-27(37)13-14-29(31(30)45-32(28)36)44-34(41)43-26-15-18-35(19-16-26,24-7-3-1-4-8-24)25-9-5-2-6-10-25/h1-10,13-14,23,26,32-33,42H,11-12,15-22H2. The van der Waals surface area contributed by atoms with Crippen LogP contribution in [-0.2, 0) is 25.9 Å². The van der Waals surface area contributed by atoms with Crippen molar-refractivity contribution in [3.05, 3.63) is 95.1 Å². The van der Waals surface area contributed by atoms with Gasteiger partial charge in [0.05, 0.1) is 22.6 Å². The Bertz CT molecular complexity index is 1700. The lowest BCUT2D eigenvalue weighted by Crippen LogP contribution is -2.64. The predicted octanol–water partition coefficient (Wildman–Crippen LogP) is 5.93. The molecule has 230 valence electrons. The SMILES string of the molecule is O=C(Oc1ccc2c3c1OC1C(=O)CCC4(O)C5N(CC6CC6)C25CC314)OC1CCC(c2ccccc2)(c2ccccc2)CC1. The van der Waals surface area contributed by atoms with E-state index in [-0.39, 0.29) is 34.6 Å². The number of hydrogen-bond acceptors (Lipinski definition) is 7. The van der Waals surface area contributed by atoms with Gasteiger partial charge in [0.1, 0.15) is 6.10 Å². The summed E-state index contributed by atoms with van der Waals surface area (Å²) in [5, 5.41) is 12.4. The minimum atomic E-state index is -1.01. The lowest BCUT2D eigenvalue weighted by Gasteiger charge is -2.47. The van der Waals surface area contributed by atoms with Crippen molar-refractivity contribution in [1.29, 1.82) is 0 Å². The van der Waals surface area contributed by atoms with Gasteiger partial charge in [0, 0.05) is 23.9 Å². The molecule has 0 radical (unpaired) electrons. The lowest BCUT2D eigenvalue weighted by atomic mass is 9.59. The molecule has 6 atom stereocenters. The topological polar surface area (TPSA) is 85.1 Å². The van der Waals surface area contributed by atoms with E-state index in [4.69, 9.17) is 14.2 Å². The number of fused-ring (bicyclic) bond motifs is 1. The fourth-order valence-corrected chi connectivity index (χ4v) is 10.7. The van der Waals surface area contributed by atoms with Crippen molar-refractivity contribution in [2.24, 2.45) is 5.92 Å². The van der Waals surface area contributed by atoms with Gasteiger partial charge < -0.3 is 19.3 Å². The van der Waals surface area contributed by atoms with Crippen LogP contribution in [-0.4, -0.2) is 52.3 Å². The lowest BCUT2D eigenvalue weighted by molar-refractivity contribution is -0.148. The first-order valence-corrected chi connectivity index (χ1v) is 16.8. The molecule has 7 heteroatoms. The molecule has 2 aliphatic heterocycles. The van der Waals surface area contributed by atoms with Crippen LogP contribution in [0.4, 0.5) is 4.79 Å². The van der Waals surface area contributed by atoms with Gasteiger partial charge in [-0.2, -0.15) is 0 Å². The van der Waals surface area contributed by atoms with Crippen LogP contribution in [0.5, 0.6) is 11.5 Å². The maximum absolute atomic E-state index is 13.3. The summed E-state index contributed by atoms with van der Waals surface area (Å²) in [7, 11) is 0. The van der Waals surface area contributed by atoms with Gasteiger partial charge in [0.25, 0.3) is 0 Å². The predicted molar refractivity (Wildman–Crippen MR) is 164 cm³/mol. The van der Waals surface area contributed by atoms with E-state index >= 15 is 0 Å². The number of nitrogens with zero attached hydrogens (tertiary/aromatic N) is 1. The summed E-state index contributed by atoms with van der Waals surface area (Å²) < 4.78 is 18.2. The van der Waals surface area contributed by atoms with E-state index in [0.717, 1.165) is 43.4 Å². The second-order valence-corrected chi connectivity index (χ2v) is 14.8. The molecule has 5 aliphatic carbocycles.